The molecule has 0 radical (unpaired) electrons. The van der Waals surface area contributed by atoms with E-state index >= 15 is 0 Å². The molecule has 2 aromatic carbocycles. The lowest BCUT2D eigenvalue weighted by molar-refractivity contribution is -0.153. The predicted molar refractivity (Wildman–Crippen MR) is 159 cm³/mol. The highest BCUT2D eigenvalue weighted by Crippen LogP contribution is 2.35. The van der Waals surface area contributed by atoms with Gasteiger partial charge in [0.25, 0.3) is 17.9 Å². The number of hydrogen-bond acceptors (Lipinski definition) is 9. The number of halogens is 5. The van der Waals surface area contributed by atoms with Crippen molar-refractivity contribution >= 4 is 63.3 Å². The van der Waals surface area contributed by atoms with E-state index in [1.807, 2.05) is 12.1 Å². The summed E-state index contributed by atoms with van der Waals surface area (Å²) in [5.74, 6) is -1.94. The van der Waals surface area contributed by atoms with Gasteiger partial charge in [-0.05, 0) is 56.6 Å². The van der Waals surface area contributed by atoms with Gasteiger partial charge < -0.3 is 34.1 Å². The highest BCUT2D eigenvalue weighted by Gasteiger charge is 2.41. The molecule has 7 rings (SSSR count). The van der Waals surface area contributed by atoms with Crippen LogP contribution in [0.1, 0.15) is 34.7 Å². The maximum atomic E-state index is 13.1. The summed E-state index contributed by atoms with van der Waals surface area (Å²) >= 11 is 11.8. The maximum Gasteiger partial charge on any atom is 0.450 e. The number of oxazole rings is 2. The van der Waals surface area contributed by atoms with Gasteiger partial charge in [0.2, 0.25) is 5.76 Å². The number of furan rings is 1. The van der Waals surface area contributed by atoms with Crippen molar-refractivity contribution in [2.45, 2.75) is 38.0 Å². The first kappa shape index (κ1) is 30.1. The zero-order valence-electron chi connectivity index (χ0n) is 23.3. The van der Waals surface area contributed by atoms with Crippen LogP contribution in [0.25, 0.3) is 22.2 Å². The van der Waals surface area contributed by atoms with Gasteiger partial charge in [-0.25, -0.2) is 0 Å². The van der Waals surface area contributed by atoms with E-state index in [1.165, 1.54) is 11.8 Å². The first-order valence-electron chi connectivity index (χ1n) is 13.8. The highest BCUT2D eigenvalue weighted by molar-refractivity contribution is 6.31. The molecule has 232 valence electrons. The largest absolute Gasteiger partial charge is 0.456 e. The number of benzene rings is 2. The number of alkyl halides is 3. The Morgan fingerprint density at radius 3 is 2.11 bits per heavy atom. The smallest absolute Gasteiger partial charge is 0.450 e. The summed E-state index contributed by atoms with van der Waals surface area (Å²) in [5.41, 5.74) is 2.23. The number of aromatic nitrogens is 2. The Balaban J connectivity index is 0.000000181. The molecule has 5 heterocycles. The van der Waals surface area contributed by atoms with Gasteiger partial charge in [-0.15, -0.1) is 0 Å². The van der Waals surface area contributed by atoms with Gasteiger partial charge in [0.1, 0.15) is 16.8 Å². The van der Waals surface area contributed by atoms with Crippen molar-refractivity contribution in [1.82, 2.24) is 20.2 Å². The second-order valence-corrected chi connectivity index (χ2v) is 11.4. The van der Waals surface area contributed by atoms with E-state index in [0.29, 0.717) is 46.2 Å². The molecule has 3 N–H and O–H groups in total. The van der Waals surface area contributed by atoms with Gasteiger partial charge in [0.05, 0.1) is 5.56 Å². The molecule has 0 saturated carbocycles. The summed E-state index contributed by atoms with van der Waals surface area (Å²) in [6.07, 6.45) is -3.08. The quantitative estimate of drug-likeness (QED) is 0.185. The minimum Gasteiger partial charge on any atom is -0.456 e. The summed E-state index contributed by atoms with van der Waals surface area (Å²) in [4.78, 5) is 22.6. The van der Waals surface area contributed by atoms with E-state index in [0.717, 1.165) is 36.7 Å². The van der Waals surface area contributed by atoms with E-state index < -0.39 is 23.4 Å². The molecule has 10 nitrogen and oxygen atoms in total. The highest BCUT2D eigenvalue weighted by atomic mass is 35.5. The zero-order chi connectivity index (χ0) is 31.0. The number of carbonyl (C=O) groups is 1. The van der Waals surface area contributed by atoms with E-state index in [2.05, 4.69) is 25.9 Å². The van der Waals surface area contributed by atoms with Crippen molar-refractivity contribution < 1.29 is 31.2 Å². The van der Waals surface area contributed by atoms with Gasteiger partial charge >= 0.3 is 6.18 Å². The van der Waals surface area contributed by atoms with Gasteiger partial charge in [0.15, 0.2) is 11.2 Å². The number of carbonyl (C=O) groups excluding carboxylic acids is 1. The van der Waals surface area contributed by atoms with E-state index in [4.69, 9.17) is 36.5 Å². The second-order valence-electron chi connectivity index (χ2n) is 10.6. The topological polar surface area (TPSA) is 122 Å². The number of fused-ring (bicyclic) bond motifs is 2. The van der Waals surface area contributed by atoms with Crippen LogP contribution in [-0.2, 0) is 6.18 Å². The predicted octanol–water partition coefficient (Wildman–Crippen LogP) is 6.98. The van der Waals surface area contributed by atoms with Crippen LogP contribution in [0, 0.1) is 6.92 Å². The average molecular weight is 651 g/mol. The number of likely N-dealkylation sites (tertiary alicyclic amines) is 1. The number of amides is 1. The third-order valence-corrected chi connectivity index (χ3v) is 7.71. The lowest BCUT2D eigenvalue weighted by atomic mass is 10.2. The summed E-state index contributed by atoms with van der Waals surface area (Å²) < 4.78 is 55.2. The van der Waals surface area contributed by atoms with Gasteiger partial charge in [-0.2, -0.15) is 23.1 Å². The van der Waals surface area contributed by atoms with E-state index in [1.54, 1.807) is 24.3 Å². The second kappa shape index (κ2) is 12.2. The molecule has 2 atom stereocenters. The molecule has 2 aliphatic heterocycles. The molecule has 2 saturated heterocycles. The minimum atomic E-state index is -4.73. The first-order chi connectivity index (χ1) is 21.0. The third kappa shape index (κ3) is 6.74. The van der Waals surface area contributed by atoms with Crippen LogP contribution in [0.2, 0.25) is 10.0 Å². The number of rotatable bonds is 5. The number of aryl methyl sites for hydroxylation is 1. The van der Waals surface area contributed by atoms with E-state index in [-0.39, 0.29) is 24.4 Å². The van der Waals surface area contributed by atoms with Crippen LogP contribution in [-0.4, -0.2) is 59.0 Å². The van der Waals surface area contributed by atoms with Crippen LogP contribution in [0.4, 0.5) is 25.2 Å². The van der Waals surface area contributed by atoms with Crippen molar-refractivity contribution in [2.75, 3.05) is 36.8 Å². The summed E-state index contributed by atoms with van der Waals surface area (Å²) in [6.45, 7) is 3.91. The molecule has 0 bridgehead atoms. The van der Waals surface area contributed by atoms with Crippen LogP contribution in [0.3, 0.4) is 0 Å². The number of nitrogens with one attached hydrogen (secondary N) is 3. The van der Waals surface area contributed by atoms with Crippen molar-refractivity contribution in [3.8, 4) is 0 Å². The third-order valence-electron chi connectivity index (χ3n) is 7.24. The molecule has 0 aliphatic carbocycles. The number of anilines is 2. The molecule has 15 heteroatoms. The fraction of sp³-hybridized carbons (Fsp3) is 0.345. The number of nitrogens with zero attached hydrogens (tertiary/aromatic N) is 3. The monoisotopic (exact) mass is 650 g/mol. The summed E-state index contributed by atoms with van der Waals surface area (Å²) in [5, 5.41) is 10.8. The molecule has 0 unspecified atom stereocenters. The first-order valence-corrected chi connectivity index (χ1v) is 14.6. The Bertz CT molecular complexity index is 1800. The molecule has 3 aromatic heterocycles. The van der Waals surface area contributed by atoms with E-state index in [9.17, 15) is 18.0 Å². The number of hydrogen-bond donors (Lipinski definition) is 3. The van der Waals surface area contributed by atoms with Crippen LogP contribution < -0.4 is 16.0 Å². The summed E-state index contributed by atoms with van der Waals surface area (Å²) in [7, 11) is 0. The van der Waals surface area contributed by atoms with Gasteiger partial charge in [-0.3, -0.25) is 4.79 Å². The summed E-state index contributed by atoms with van der Waals surface area (Å²) in [6, 6.07) is 12.7. The van der Waals surface area contributed by atoms with Gasteiger partial charge in [0, 0.05) is 53.9 Å². The Kier molecular flexibility index (Phi) is 8.36. The Labute approximate surface area is 258 Å². The fourth-order valence-electron chi connectivity index (χ4n) is 5.16. The van der Waals surface area contributed by atoms with Crippen molar-refractivity contribution in [2.24, 2.45) is 0 Å². The van der Waals surface area contributed by atoms with Crippen molar-refractivity contribution in [3.05, 3.63) is 69.6 Å². The van der Waals surface area contributed by atoms with Crippen molar-refractivity contribution in [3.63, 3.8) is 0 Å². The Morgan fingerprint density at radius 1 is 0.932 bits per heavy atom. The molecule has 1 amide bonds. The normalized spacial score (nSPS) is 18.5. The molecule has 44 heavy (non-hydrogen) atoms. The Morgan fingerprint density at radius 2 is 1.55 bits per heavy atom. The van der Waals surface area contributed by atoms with Gasteiger partial charge in [-0.1, -0.05) is 23.2 Å². The lowest BCUT2D eigenvalue weighted by Gasteiger charge is -2.17. The van der Waals surface area contributed by atoms with Crippen molar-refractivity contribution in [1.29, 1.82) is 0 Å². The molecule has 5 aromatic rings. The maximum absolute atomic E-state index is 13.1. The average Bonchev–Trinajstić information content (AvgIpc) is 3.79. The molecule has 0 spiro atoms. The van der Waals surface area contributed by atoms with Crippen LogP contribution in [0.15, 0.2) is 55.7 Å². The Hall–Kier alpha value is -3.94. The SMILES string of the molecule is Cc1cc(C(=O)N2CC[C@@H](Nc3nc4ccc(Cl)cc4o3)C2)c(C(F)(F)F)o1.Clc1ccc2nc(N[C@@H]3CCNC3)oc2c1. The molecule has 2 fully saturated rings. The minimum absolute atomic E-state index is 0.0367. The zero-order valence-corrected chi connectivity index (χ0v) is 24.8. The molecular formula is C29H27Cl2F3N6O4. The van der Waals surface area contributed by atoms with Crippen LogP contribution in [0.5, 0.6) is 0 Å². The lowest BCUT2D eigenvalue weighted by Crippen LogP contribution is -2.32. The molecule has 2 aliphatic rings. The molecular weight excluding hydrogens is 624 g/mol. The van der Waals surface area contributed by atoms with Crippen LogP contribution >= 0.6 is 23.2 Å². The standard InChI is InChI=1S/C18H15ClF3N3O3.C11H12ClN3O/c1-9-6-12(15(27-9)18(20,21)22)16(26)25-5-4-11(8-25)23-17-24-13-3-2-10(19)7-14(13)28-17;12-7-1-2-9-10(5-7)16-11(15-9)14-8-3-4-13-6-8/h2-3,6-7,11H,4-5,8H2,1H3,(H,23,24);1-2,5,8,13H,3-4,6H2,(H,14,15)/t11-;8-/m11/s1. The fourth-order valence-corrected chi connectivity index (χ4v) is 5.49.